The zero-order valence-electron chi connectivity index (χ0n) is 9.49. The van der Waals surface area contributed by atoms with Gasteiger partial charge < -0.3 is 14.2 Å². The van der Waals surface area contributed by atoms with E-state index in [4.69, 9.17) is 9.63 Å². The SMILES string of the molecule is Cn1cnc2cccc(-c3cc(C(=O)O)on3)c21. The molecule has 1 aromatic carbocycles. The third kappa shape index (κ3) is 1.46. The van der Waals surface area contributed by atoms with Crippen LogP contribution in [0.4, 0.5) is 0 Å². The van der Waals surface area contributed by atoms with Crippen molar-refractivity contribution in [1.29, 1.82) is 0 Å². The van der Waals surface area contributed by atoms with Gasteiger partial charge in [-0.1, -0.05) is 17.3 Å². The summed E-state index contributed by atoms with van der Waals surface area (Å²) in [4.78, 5) is 15.0. The number of carboxylic acid groups (broad SMARTS) is 1. The van der Waals surface area contributed by atoms with Gasteiger partial charge in [0.2, 0.25) is 5.76 Å². The van der Waals surface area contributed by atoms with E-state index in [9.17, 15) is 4.79 Å². The maximum Gasteiger partial charge on any atom is 0.374 e. The maximum atomic E-state index is 10.8. The van der Waals surface area contributed by atoms with Gasteiger partial charge in [0.05, 0.1) is 17.4 Å². The van der Waals surface area contributed by atoms with Gasteiger partial charge in [0.25, 0.3) is 0 Å². The molecule has 0 aliphatic heterocycles. The molecule has 6 nitrogen and oxygen atoms in total. The second kappa shape index (κ2) is 3.69. The number of nitrogens with zero attached hydrogens (tertiary/aromatic N) is 3. The van der Waals surface area contributed by atoms with E-state index in [2.05, 4.69) is 10.1 Å². The van der Waals surface area contributed by atoms with Crippen LogP contribution in [-0.2, 0) is 7.05 Å². The topological polar surface area (TPSA) is 81.2 Å². The van der Waals surface area contributed by atoms with E-state index >= 15 is 0 Å². The fourth-order valence-corrected chi connectivity index (χ4v) is 1.92. The van der Waals surface area contributed by atoms with Crippen LogP contribution in [0.25, 0.3) is 22.3 Å². The summed E-state index contributed by atoms with van der Waals surface area (Å²) < 4.78 is 6.63. The van der Waals surface area contributed by atoms with Crippen molar-refractivity contribution >= 4 is 17.0 Å². The van der Waals surface area contributed by atoms with Crippen LogP contribution >= 0.6 is 0 Å². The fourth-order valence-electron chi connectivity index (χ4n) is 1.92. The summed E-state index contributed by atoms with van der Waals surface area (Å²) in [5.74, 6) is -1.31. The Morgan fingerprint density at radius 3 is 3.00 bits per heavy atom. The predicted molar refractivity (Wildman–Crippen MR) is 63.2 cm³/mol. The van der Waals surface area contributed by atoms with E-state index in [0.717, 1.165) is 16.6 Å². The van der Waals surface area contributed by atoms with E-state index in [1.807, 2.05) is 29.8 Å². The quantitative estimate of drug-likeness (QED) is 0.743. The monoisotopic (exact) mass is 243 g/mol. The van der Waals surface area contributed by atoms with E-state index < -0.39 is 5.97 Å². The zero-order valence-corrected chi connectivity index (χ0v) is 9.49. The number of carbonyl (C=O) groups is 1. The smallest absolute Gasteiger partial charge is 0.374 e. The Morgan fingerprint density at radius 1 is 1.44 bits per heavy atom. The lowest BCUT2D eigenvalue weighted by molar-refractivity contribution is 0.0652. The van der Waals surface area contributed by atoms with Gasteiger partial charge in [0.15, 0.2) is 0 Å². The zero-order chi connectivity index (χ0) is 12.7. The molecular weight excluding hydrogens is 234 g/mol. The van der Waals surface area contributed by atoms with Gasteiger partial charge in [-0.2, -0.15) is 0 Å². The first-order chi connectivity index (χ1) is 8.66. The molecule has 6 heteroatoms. The van der Waals surface area contributed by atoms with Crippen LogP contribution in [0.1, 0.15) is 10.6 Å². The highest BCUT2D eigenvalue weighted by Crippen LogP contribution is 2.27. The number of aromatic nitrogens is 3. The van der Waals surface area contributed by atoms with E-state index in [1.165, 1.54) is 6.07 Å². The molecule has 0 fully saturated rings. The normalized spacial score (nSPS) is 10.9. The Kier molecular flexibility index (Phi) is 2.16. The second-order valence-corrected chi connectivity index (χ2v) is 3.91. The van der Waals surface area contributed by atoms with Crippen molar-refractivity contribution in [2.75, 3.05) is 0 Å². The molecule has 90 valence electrons. The van der Waals surface area contributed by atoms with E-state index in [1.54, 1.807) is 6.33 Å². The third-order valence-electron chi connectivity index (χ3n) is 2.73. The molecule has 0 aliphatic carbocycles. The number of aryl methyl sites for hydroxylation is 1. The molecule has 18 heavy (non-hydrogen) atoms. The van der Waals surface area contributed by atoms with E-state index in [0.29, 0.717) is 5.69 Å². The van der Waals surface area contributed by atoms with Crippen molar-refractivity contribution < 1.29 is 14.4 Å². The van der Waals surface area contributed by atoms with Crippen molar-refractivity contribution in [1.82, 2.24) is 14.7 Å². The minimum atomic E-state index is -1.13. The number of imidazole rings is 1. The Morgan fingerprint density at radius 2 is 2.28 bits per heavy atom. The number of aromatic carboxylic acids is 1. The van der Waals surface area contributed by atoms with Crippen molar-refractivity contribution in [3.05, 3.63) is 36.4 Å². The van der Waals surface area contributed by atoms with Crippen LogP contribution in [0.3, 0.4) is 0 Å². The number of hydrogen-bond acceptors (Lipinski definition) is 4. The number of hydrogen-bond donors (Lipinski definition) is 1. The molecule has 0 unspecified atom stereocenters. The number of para-hydroxylation sites is 1. The molecule has 3 aromatic rings. The highest BCUT2D eigenvalue weighted by Gasteiger charge is 2.15. The molecule has 0 spiro atoms. The summed E-state index contributed by atoms with van der Waals surface area (Å²) in [6.07, 6.45) is 1.70. The second-order valence-electron chi connectivity index (χ2n) is 3.91. The first kappa shape index (κ1) is 10.5. The lowest BCUT2D eigenvalue weighted by Crippen LogP contribution is -1.91. The predicted octanol–water partition coefficient (Wildman–Crippen LogP) is 1.93. The summed E-state index contributed by atoms with van der Waals surface area (Å²) in [5, 5.41) is 12.6. The van der Waals surface area contributed by atoms with Crippen LogP contribution in [0.5, 0.6) is 0 Å². The van der Waals surface area contributed by atoms with Gasteiger partial charge >= 0.3 is 5.97 Å². The van der Waals surface area contributed by atoms with Crippen LogP contribution in [0, 0.1) is 0 Å². The van der Waals surface area contributed by atoms with Crippen LogP contribution in [-0.4, -0.2) is 25.8 Å². The Labute approximate surface area is 101 Å². The first-order valence-corrected chi connectivity index (χ1v) is 5.27. The molecule has 0 saturated carbocycles. The van der Waals surface area contributed by atoms with Crippen molar-refractivity contribution in [2.24, 2.45) is 7.05 Å². The van der Waals surface area contributed by atoms with Gasteiger partial charge in [-0.25, -0.2) is 9.78 Å². The molecule has 0 radical (unpaired) electrons. The van der Waals surface area contributed by atoms with Crippen LogP contribution in [0.2, 0.25) is 0 Å². The Balaban J connectivity index is 2.24. The molecule has 2 heterocycles. The summed E-state index contributed by atoms with van der Waals surface area (Å²) in [6, 6.07) is 6.99. The van der Waals surface area contributed by atoms with E-state index in [-0.39, 0.29) is 5.76 Å². The minimum absolute atomic E-state index is 0.177. The molecule has 0 saturated heterocycles. The highest BCUT2D eigenvalue weighted by atomic mass is 16.5. The minimum Gasteiger partial charge on any atom is -0.475 e. The lowest BCUT2D eigenvalue weighted by Gasteiger charge is -2.00. The van der Waals surface area contributed by atoms with Crippen LogP contribution < -0.4 is 0 Å². The average molecular weight is 243 g/mol. The lowest BCUT2D eigenvalue weighted by atomic mass is 10.1. The van der Waals surface area contributed by atoms with Crippen molar-refractivity contribution in [3.63, 3.8) is 0 Å². The number of fused-ring (bicyclic) bond motifs is 1. The number of carboxylic acids is 1. The third-order valence-corrected chi connectivity index (χ3v) is 2.73. The van der Waals surface area contributed by atoms with Crippen molar-refractivity contribution in [2.45, 2.75) is 0 Å². The molecule has 0 aliphatic rings. The highest BCUT2D eigenvalue weighted by molar-refractivity contribution is 5.93. The number of rotatable bonds is 2. The fraction of sp³-hybridized carbons (Fsp3) is 0.0833. The summed E-state index contributed by atoms with van der Waals surface area (Å²) in [7, 11) is 1.87. The van der Waals surface area contributed by atoms with Gasteiger partial charge in [0.1, 0.15) is 5.69 Å². The van der Waals surface area contributed by atoms with Gasteiger partial charge in [-0.15, -0.1) is 0 Å². The Bertz CT molecular complexity index is 742. The summed E-state index contributed by atoms with van der Waals surface area (Å²) in [5.41, 5.74) is 3.00. The van der Waals surface area contributed by atoms with Crippen LogP contribution in [0.15, 0.2) is 35.1 Å². The standard InChI is InChI=1S/C12H9N3O3/c1-15-6-13-8-4-2-3-7(11(8)15)9-5-10(12(16)17)18-14-9/h2-6H,1H3,(H,16,17). The molecule has 0 amide bonds. The first-order valence-electron chi connectivity index (χ1n) is 5.27. The summed E-state index contributed by atoms with van der Waals surface area (Å²) >= 11 is 0. The largest absolute Gasteiger partial charge is 0.475 e. The molecule has 3 rings (SSSR count). The van der Waals surface area contributed by atoms with Crippen molar-refractivity contribution in [3.8, 4) is 11.3 Å². The summed E-state index contributed by atoms with van der Waals surface area (Å²) in [6.45, 7) is 0. The molecule has 0 atom stereocenters. The Hall–Kier alpha value is -2.63. The molecular formula is C12H9N3O3. The molecule has 0 bridgehead atoms. The van der Waals surface area contributed by atoms with Gasteiger partial charge in [0, 0.05) is 18.7 Å². The number of benzene rings is 1. The average Bonchev–Trinajstić information content (AvgIpc) is 2.96. The van der Waals surface area contributed by atoms with Gasteiger partial charge in [-0.05, 0) is 6.07 Å². The maximum absolute atomic E-state index is 10.8. The molecule has 1 N–H and O–H groups in total. The van der Waals surface area contributed by atoms with Gasteiger partial charge in [-0.3, -0.25) is 0 Å². The molecule has 2 aromatic heterocycles.